The highest BCUT2D eigenvalue weighted by atomic mass is 14.7. The van der Waals surface area contributed by atoms with Crippen molar-refractivity contribution in [2.75, 3.05) is 13.1 Å². The Morgan fingerprint density at radius 2 is 1.14 bits per heavy atom. The highest BCUT2D eigenvalue weighted by Crippen LogP contribution is 1.93. The van der Waals surface area contributed by atoms with Gasteiger partial charge in [0, 0.05) is 25.5 Å². The quantitative estimate of drug-likeness (QED) is 0.398. The van der Waals surface area contributed by atoms with Crippen molar-refractivity contribution in [2.24, 2.45) is 9.98 Å². The second-order valence-electron chi connectivity index (χ2n) is 3.52. The van der Waals surface area contributed by atoms with Crippen molar-refractivity contribution in [1.82, 2.24) is 0 Å². The third-order valence-corrected chi connectivity index (χ3v) is 2.06. The zero-order valence-corrected chi connectivity index (χ0v) is 9.71. The highest BCUT2D eigenvalue weighted by molar-refractivity contribution is 6.15. The van der Waals surface area contributed by atoms with Gasteiger partial charge in [-0.3, -0.25) is 9.98 Å². The topological polar surface area (TPSA) is 24.7 Å². The maximum atomic E-state index is 4.25. The van der Waals surface area contributed by atoms with Crippen molar-refractivity contribution in [3.63, 3.8) is 0 Å². The number of hydrogen-bond donors (Lipinski definition) is 0. The molecule has 0 heterocycles. The maximum absolute atomic E-state index is 4.25. The molecule has 0 N–H and O–H groups in total. The van der Waals surface area contributed by atoms with Gasteiger partial charge in [-0.2, -0.15) is 0 Å². The fourth-order valence-corrected chi connectivity index (χ4v) is 1.15. The van der Waals surface area contributed by atoms with Crippen molar-refractivity contribution in [2.45, 2.75) is 52.4 Å². The van der Waals surface area contributed by atoms with E-state index >= 15 is 0 Å². The summed E-state index contributed by atoms with van der Waals surface area (Å²) in [6, 6.07) is 0. The van der Waals surface area contributed by atoms with Crippen LogP contribution in [0.15, 0.2) is 9.98 Å². The van der Waals surface area contributed by atoms with Gasteiger partial charge in [-0.15, -0.1) is 0 Å². The van der Waals surface area contributed by atoms with Gasteiger partial charge in [0.1, 0.15) is 0 Å². The lowest BCUT2D eigenvalue weighted by atomic mass is 10.2. The van der Waals surface area contributed by atoms with Crippen LogP contribution in [0, 0.1) is 0 Å². The van der Waals surface area contributed by atoms with Crippen LogP contribution in [0.4, 0.5) is 0 Å². The van der Waals surface area contributed by atoms with Crippen LogP contribution in [0.2, 0.25) is 0 Å². The first-order chi connectivity index (χ1) is 6.91. The van der Waals surface area contributed by atoms with Crippen molar-refractivity contribution in [1.29, 1.82) is 0 Å². The zero-order valence-electron chi connectivity index (χ0n) is 9.71. The predicted octanol–water partition coefficient (Wildman–Crippen LogP) is 3.51. The first-order valence-corrected chi connectivity index (χ1v) is 5.90. The summed E-state index contributed by atoms with van der Waals surface area (Å²) in [7, 11) is 0. The molecule has 0 saturated heterocycles. The monoisotopic (exact) mass is 196 g/mol. The van der Waals surface area contributed by atoms with Gasteiger partial charge in [0.15, 0.2) is 0 Å². The third-order valence-electron chi connectivity index (χ3n) is 2.06. The van der Waals surface area contributed by atoms with Gasteiger partial charge in [-0.25, -0.2) is 0 Å². The molecule has 82 valence electrons. The van der Waals surface area contributed by atoms with Gasteiger partial charge in [-0.1, -0.05) is 39.5 Å². The second-order valence-corrected chi connectivity index (χ2v) is 3.52. The Labute approximate surface area is 88.5 Å². The summed E-state index contributed by atoms with van der Waals surface area (Å²) in [5, 5.41) is 0. The van der Waals surface area contributed by atoms with E-state index in [-0.39, 0.29) is 0 Å². The Bertz CT molecular complexity index is 132. The van der Waals surface area contributed by atoms with E-state index in [1.54, 1.807) is 0 Å². The molecule has 0 fully saturated rings. The molecule has 0 bridgehead atoms. The average Bonchev–Trinajstić information content (AvgIpc) is 2.21. The molecule has 0 unspecified atom stereocenters. The molecule has 2 heteroatoms. The summed E-state index contributed by atoms with van der Waals surface area (Å²) >= 11 is 0. The Hall–Kier alpha value is -0.660. The Morgan fingerprint density at radius 1 is 0.714 bits per heavy atom. The molecular formula is C12H24N2. The molecule has 0 aliphatic carbocycles. The van der Waals surface area contributed by atoms with Crippen LogP contribution in [0.25, 0.3) is 0 Å². The Morgan fingerprint density at radius 3 is 1.50 bits per heavy atom. The average molecular weight is 196 g/mol. The minimum absolute atomic E-state index is 0.953. The van der Waals surface area contributed by atoms with Gasteiger partial charge in [0.05, 0.1) is 0 Å². The molecule has 0 rings (SSSR count). The molecule has 0 spiro atoms. The van der Waals surface area contributed by atoms with Crippen LogP contribution in [-0.4, -0.2) is 25.5 Å². The van der Waals surface area contributed by atoms with Crippen molar-refractivity contribution < 1.29 is 0 Å². The Balaban J connectivity index is 3.15. The molecule has 14 heavy (non-hydrogen) atoms. The van der Waals surface area contributed by atoms with E-state index < -0.39 is 0 Å². The molecule has 0 saturated carbocycles. The second kappa shape index (κ2) is 12.3. The van der Waals surface area contributed by atoms with E-state index in [1.807, 2.05) is 12.4 Å². The molecule has 0 aromatic carbocycles. The normalized spacial score (nSPS) is 11.9. The van der Waals surface area contributed by atoms with Crippen molar-refractivity contribution >= 4 is 12.4 Å². The largest absolute Gasteiger partial charge is 0.292 e. The first-order valence-electron chi connectivity index (χ1n) is 5.90. The molecule has 0 radical (unpaired) electrons. The summed E-state index contributed by atoms with van der Waals surface area (Å²) in [4.78, 5) is 8.50. The molecule has 0 aliphatic heterocycles. The zero-order chi connectivity index (χ0) is 10.5. The molecule has 0 aromatic heterocycles. The third kappa shape index (κ3) is 11.3. The van der Waals surface area contributed by atoms with Crippen LogP contribution in [0.3, 0.4) is 0 Å². The van der Waals surface area contributed by atoms with Gasteiger partial charge in [0.2, 0.25) is 0 Å². The highest BCUT2D eigenvalue weighted by Gasteiger charge is 1.81. The molecule has 0 atom stereocenters. The number of nitrogens with zero attached hydrogens (tertiary/aromatic N) is 2. The van der Waals surface area contributed by atoms with Crippen molar-refractivity contribution in [3.05, 3.63) is 0 Å². The van der Waals surface area contributed by atoms with E-state index in [0.717, 1.165) is 13.1 Å². The summed E-state index contributed by atoms with van der Waals surface area (Å²) in [5.41, 5.74) is 0. The molecule has 0 aromatic rings. The minimum atomic E-state index is 0.953. The number of unbranched alkanes of at least 4 members (excludes halogenated alkanes) is 4. The van der Waals surface area contributed by atoms with Gasteiger partial charge < -0.3 is 0 Å². The summed E-state index contributed by atoms with van der Waals surface area (Å²) in [5.74, 6) is 0. The van der Waals surface area contributed by atoms with Gasteiger partial charge in [0.25, 0.3) is 0 Å². The van der Waals surface area contributed by atoms with E-state index in [0.29, 0.717) is 0 Å². The molecule has 2 nitrogen and oxygen atoms in total. The lowest BCUT2D eigenvalue weighted by molar-refractivity contribution is 0.728. The SMILES string of the molecule is CCCCCN=CC=NCCCCC. The van der Waals surface area contributed by atoms with Crippen molar-refractivity contribution in [3.8, 4) is 0 Å². The molecule has 0 aliphatic rings. The van der Waals surface area contributed by atoms with Crippen LogP contribution < -0.4 is 0 Å². The van der Waals surface area contributed by atoms with Crippen LogP contribution in [-0.2, 0) is 0 Å². The minimum Gasteiger partial charge on any atom is -0.292 e. The lowest BCUT2D eigenvalue weighted by Gasteiger charge is -1.91. The summed E-state index contributed by atoms with van der Waals surface area (Å²) in [6.07, 6.45) is 11.2. The Kier molecular flexibility index (Phi) is 11.8. The van der Waals surface area contributed by atoms with E-state index in [4.69, 9.17) is 0 Å². The van der Waals surface area contributed by atoms with E-state index in [2.05, 4.69) is 23.8 Å². The number of aliphatic imine (C=N–C) groups is 2. The van der Waals surface area contributed by atoms with E-state index in [1.165, 1.54) is 38.5 Å². The number of rotatable bonds is 9. The fraction of sp³-hybridized carbons (Fsp3) is 0.833. The van der Waals surface area contributed by atoms with Gasteiger partial charge >= 0.3 is 0 Å². The lowest BCUT2D eigenvalue weighted by Crippen LogP contribution is -1.85. The smallest absolute Gasteiger partial charge is 0.0390 e. The number of hydrogen-bond acceptors (Lipinski definition) is 2. The van der Waals surface area contributed by atoms with Crippen LogP contribution in [0.5, 0.6) is 0 Å². The molecular weight excluding hydrogens is 172 g/mol. The van der Waals surface area contributed by atoms with Crippen LogP contribution in [0.1, 0.15) is 52.4 Å². The van der Waals surface area contributed by atoms with Crippen LogP contribution >= 0.6 is 0 Å². The van der Waals surface area contributed by atoms with E-state index in [9.17, 15) is 0 Å². The predicted molar refractivity (Wildman–Crippen MR) is 65.8 cm³/mol. The molecule has 0 amide bonds. The summed E-state index contributed by atoms with van der Waals surface area (Å²) < 4.78 is 0. The summed E-state index contributed by atoms with van der Waals surface area (Å²) in [6.45, 7) is 6.32. The maximum Gasteiger partial charge on any atom is 0.0390 e. The fourth-order valence-electron chi connectivity index (χ4n) is 1.15. The van der Waals surface area contributed by atoms with Gasteiger partial charge in [-0.05, 0) is 12.8 Å². The first kappa shape index (κ1) is 13.3. The standard InChI is InChI=1S/C12H24N2/c1-3-5-7-9-13-11-12-14-10-8-6-4-2/h11-12H,3-10H2,1-2H3.